The van der Waals surface area contributed by atoms with Crippen molar-refractivity contribution in [2.75, 3.05) is 20.8 Å². The van der Waals surface area contributed by atoms with E-state index in [1.165, 1.54) is 17.7 Å². The molecular weight excluding hydrogens is 310 g/mol. The third-order valence-electron chi connectivity index (χ3n) is 4.21. The Labute approximate surface area is 141 Å². The van der Waals surface area contributed by atoms with Crippen molar-refractivity contribution in [1.29, 1.82) is 0 Å². The zero-order valence-corrected chi connectivity index (χ0v) is 14.4. The molecule has 1 aromatic heterocycles. The van der Waals surface area contributed by atoms with E-state index in [0.29, 0.717) is 18.3 Å². The molecule has 0 unspecified atom stereocenters. The first kappa shape index (κ1) is 16.3. The van der Waals surface area contributed by atoms with Crippen LogP contribution in [0.25, 0.3) is 0 Å². The predicted octanol–water partition coefficient (Wildman–Crippen LogP) is 3.46. The normalized spacial score (nSPS) is 15.7. The largest absolute Gasteiger partial charge is 0.497 e. The van der Waals surface area contributed by atoms with E-state index in [-0.39, 0.29) is 0 Å². The van der Waals surface area contributed by atoms with Gasteiger partial charge in [-0.2, -0.15) is 0 Å². The second-order valence-corrected chi connectivity index (χ2v) is 6.90. The van der Waals surface area contributed by atoms with Gasteiger partial charge in [-0.25, -0.2) is 0 Å². The summed E-state index contributed by atoms with van der Waals surface area (Å²) in [7, 11) is 3.26. The van der Waals surface area contributed by atoms with Gasteiger partial charge in [0.05, 0.1) is 20.3 Å². The van der Waals surface area contributed by atoms with Gasteiger partial charge < -0.3 is 14.6 Å². The fourth-order valence-corrected chi connectivity index (χ4v) is 3.53. The number of hydrogen-bond donors (Lipinski definition) is 1. The minimum atomic E-state index is -0.597. The van der Waals surface area contributed by atoms with Crippen molar-refractivity contribution < 1.29 is 14.6 Å². The van der Waals surface area contributed by atoms with Gasteiger partial charge in [0.15, 0.2) is 0 Å². The molecule has 0 aliphatic heterocycles. The summed E-state index contributed by atoms with van der Waals surface area (Å²) in [6.07, 6.45) is 1.83. The highest BCUT2D eigenvalue weighted by atomic mass is 32.1. The van der Waals surface area contributed by atoms with Crippen LogP contribution in [-0.2, 0) is 6.54 Å². The molecule has 1 fully saturated rings. The fraction of sp³-hybridized carbons (Fsp3) is 0.444. The highest BCUT2D eigenvalue weighted by Gasteiger charge is 2.31. The Morgan fingerprint density at radius 2 is 2.09 bits per heavy atom. The lowest BCUT2D eigenvalue weighted by Crippen LogP contribution is -2.30. The molecule has 0 spiro atoms. The summed E-state index contributed by atoms with van der Waals surface area (Å²) in [4.78, 5) is 3.71. The number of aliphatic hydroxyl groups excluding tert-OH is 1. The van der Waals surface area contributed by atoms with Crippen molar-refractivity contribution in [3.05, 3.63) is 46.2 Å². The molecule has 1 aliphatic carbocycles. The van der Waals surface area contributed by atoms with E-state index in [9.17, 15) is 5.11 Å². The molecule has 1 saturated carbocycles. The van der Waals surface area contributed by atoms with Gasteiger partial charge in [-0.05, 0) is 42.5 Å². The Morgan fingerprint density at radius 3 is 2.70 bits per heavy atom. The summed E-state index contributed by atoms with van der Waals surface area (Å²) in [5.74, 6) is 1.43. The van der Waals surface area contributed by atoms with Gasteiger partial charge in [0.1, 0.15) is 11.5 Å². The standard InChI is InChI=1S/C18H23NO3S/c1-21-14-7-8-18(22-2)16(10-14)17(20)12-19(13-5-6-13)11-15-4-3-9-23-15/h3-4,7-10,13,17,20H,5-6,11-12H2,1-2H3/t17-/m0/s1. The van der Waals surface area contributed by atoms with Gasteiger partial charge in [0.2, 0.25) is 0 Å². The van der Waals surface area contributed by atoms with Gasteiger partial charge in [-0.3, -0.25) is 4.90 Å². The highest BCUT2D eigenvalue weighted by molar-refractivity contribution is 7.09. The van der Waals surface area contributed by atoms with E-state index in [2.05, 4.69) is 22.4 Å². The Morgan fingerprint density at radius 1 is 1.26 bits per heavy atom. The summed E-state index contributed by atoms with van der Waals surface area (Å²) in [5.41, 5.74) is 0.781. The van der Waals surface area contributed by atoms with Crippen LogP contribution in [0, 0.1) is 0 Å². The van der Waals surface area contributed by atoms with Crippen LogP contribution in [0.5, 0.6) is 11.5 Å². The van der Waals surface area contributed by atoms with Crippen LogP contribution in [0.3, 0.4) is 0 Å². The van der Waals surface area contributed by atoms with E-state index >= 15 is 0 Å². The molecule has 1 N–H and O–H groups in total. The molecule has 0 saturated heterocycles. The van der Waals surface area contributed by atoms with Crippen LogP contribution in [0.15, 0.2) is 35.7 Å². The minimum Gasteiger partial charge on any atom is -0.497 e. The zero-order chi connectivity index (χ0) is 16.2. The molecule has 124 valence electrons. The molecule has 0 amide bonds. The lowest BCUT2D eigenvalue weighted by Gasteiger charge is -2.25. The van der Waals surface area contributed by atoms with Crippen molar-refractivity contribution in [3.8, 4) is 11.5 Å². The van der Waals surface area contributed by atoms with E-state index < -0.39 is 6.10 Å². The van der Waals surface area contributed by atoms with Crippen molar-refractivity contribution >= 4 is 11.3 Å². The van der Waals surface area contributed by atoms with Crippen molar-refractivity contribution in [1.82, 2.24) is 4.90 Å². The monoisotopic (exact) mass is 333 g/mol. The summed E-state index contributed by atoms with van der Waals surface area (Å²) in [6.45, 7) is 1.50. The molecule has 1 atom stereocenters. The Balaban J connectivity index is 1.74. The molecule has 2 aromatic rings. The molecule has 0 bridgehead atoms. The maximum atomic E-state index is 10.8. The number of hydrogen-bond acceptors (Lipinski definition) is 5. The average Bonchev–Trinajstić information content (AvgIpc) is 3.31. The number of aliphatic hydroxyl groups is 1. The molecule has 23 heavy (non-hydrogen) atoms. The average molecular weight is 333 g/mol. The van der Waals surface area contributed by atoms with E-state index in [0.717, 1.165) is 17.9 Å². The van der Waals surface area contributed by atoms with Gasteiger partial charge in [0, 0.05) is 29.6 Å². The molecule has 0 radical (unpaired) electrons. The van der Waals surface area contributed by atoms with E-state index in [1.807, 2.05) is 18.2 Å². The molecule has 1 aromatic carbocycles. The molecule has 5 heteroatoms. The smallest absolute Gasteiger partial charge is 0.124 e. The SMILES string of the molecule is COc1ccc(OC)c([C@@H](O)CN(Cc2cccs2)C2CC2)c1. The van der Waals surface area contributed by atoms with Crippen LogP contribution in [0.1, 0.15) is 29.4 Å². The van der Waals surface area contributed by atoms with Crippen molar-refractivity contribution in [2.45, 2.75) is 31.5 Å². The number of rotatable bonds is 8. The summed E-state index contributed by atoms with van der Waals surface area (Å²) < 4.78 is 10.7. The van der Waals surface area contributed by atoms with Crippen LogP contribution >= 0.6 is 11.3 Å². The van der Waals surface area contributed by atoms with Gasteiger partial charge >= 0.3 is 0 Å². The summed E-state index contributed by atoms with van der Waals surface area (Å²) >= 11 is 1.77. The second-order valence-electron chi connectivity index (χ2n) is 5.86. The maximum absolute atomic E-state index is 10.8. The van der Waals surface area contributed by atoms with Gasteiger partial charge in [-0.1, -0.05) is 6.07 Å². The Bertz CT molecular complexity index is 625. The van der Waals surface area contributed by atoms with E-state index in [4.69, 9.17) is 9.47 Å². The fourth-order valence-electron chi connectivity index (χ4n) is 2.81. The van der Waals surface area contributed by atoms with Crippen LogP contribution in [-0.4, -0.2) is 36.8 Å². The molecule has 1 heterocycles. The topological polar surface area (TPSA) is 41.9 Å². The highest BCUT2D eigenvalue weighted by Crippen LogP contribution is 2.34. The molecular formula is C18H23NO3S. The third-order valence-corrected chi connectivity index (χ3v) is 5.07. The van der Waals surface area contributed by atoms with Crippen LogP contribution in [0.4, 0.5) is 0 Å². The molecule has 1 aliphatic rings. The first-order valence-corrected chi connectivity index (χ1v) is 8.75. The van der Waals surface area contributed by atoms with Crippen LogP contribution < -0.4 is 9.47 Å². The lowest BCUT2D eigenvalue weighted by molar-refractivity contribution is 0.102. The summed E-state index contributed by atoms with van der Waals surface area (Å²) in [6, 6.07) is 10.4. The Kier molecular flexibility index (Phi) is 5.20. The number of methoxy groups -OCH3 is 2. The van der Waals surface area contributed by atoms with E-state index in [1.54, 1.807) is 25.6 Å². The second kappa shape index (κ2) is 7.34. The van der Waals surface area contributed by atoms with Crippen LogP contribution in [0.2, 0.25) is 0 Å². The maximum Gasteiger partial charge on any atom is 0.124 e. The number of thiophene rings is 1. The Hall–Kier alpha value is -1.56. The first-order chi connectivity index (χ1) is 11.2. The minimum absolute atomic E-state index is 0.586. The quantitative estimate of drug-likeness (QED) is 0.803. The summed E-state index contributed by atoms with van der Waals surface area (Å²) in [5, 5.41) is 12.9. The zero-order valence-electron chi connectivity index (χ0n) is 13.6. The molecule has 3 rings (SSSR count). The third kappa shape index (κ3) is 4.05. The first-order valence-electron chi connectivity index (χ1n) is 7.87. The van der Waals surface area contributed by atoms with Gasteiger partial charge in [0.25, 0.3) is 0 Å². The number of ether oxygens (including phenoxy) is 2. The lowest BCUT2D eigenvalue weighted by atomic mass is 10.1. The number of nitrogens with zero attached hydrogens (tertiary/aromatic N) is 1. The number of benzene rings is 1. The van der Waals surface area contributed by atoms with Crippen molar-refractivity contribution in [3.63, 3.8) is 0 Å². The van der Waals surface area contributed by atoms with Crippen molar-refractivity contribution in [2.24, 2.45) is 0 Å². The molecule has 4 nitrogen and oxygen atoms in total. The predicted molar refractivity (Wildman–Crippen MR) is 92.3 cm³/mol. The van der Waals surface area contributed by atoms with Gasteiger partial charge in [-0.15, -0.1) is 11.3 Å².